The van der Waals surface area contributed by atoms with Crippen LogP contribution in [-0.2, 0) is 24.3 Å². The number of methoxy groups -OCH3 is 1. The number of carbonyl (C=O) groups is 1. The summed E-state index contributed by atoms with van der Waals surface area (Å²) in [7, 11) is -2.41. The van der Waals surface area contributed by atoms with Gasteiger partial charge in [-0.05, 0) is 60.9 Å². The van der Waals surface area contributed by atoms with Gasteiger partial charge >= 0.3 is 0 Å². The Labute approximate surface area is 241 Å². The molecule has 9 nitrogen and oxygen atoms in total. The molecule has 0 spiro atoms. The first kappa shape index (κ1) is 31.0. The van der Waals surface area contributed by atoms with Crippen LogP contribution >= 0.6 is 0 Å². The number of hydrogen-bond acceptors (Lipinski definition) is 7. The number of allylic oxidation sites excluding steroid dienone is 1. The highest BCUT2D eigenvalue weighted by molar-refractivity contribution is 7.89. The van der Waals surface area contributed by atoms with Gasteiger partial charge in [-0.15, -0.1) is 0 Å². The summed E-state index contributed by atoms with van der Waals surface area (Å²) in [5.41, 5.74) is 0.824. The number of aliphatic hydroxyl groups is 1. The number of likely N-dealkylation sites (tertiary alicyclic amines) is 1. The van der Waals surface area contributed by atoms with Gasteiger partial charge in [-0.2, -0.15) is 4.31 Å². The standard InChI is InChI=1S/C30H39FN2O7S/c1-38-26-11-13-27(14-12-26)41(36,37)33(17-19-34)18-20-39-29-22-24(23-7-9-25(31)10-8-23)21-28(40-29)30(35)32-15-5-3-2-4-6-16-32/h7-14,21,24,29,34H,2-6,15-20,22H2,1H3/t24-,29+/m1/s1. The van der Waals surface area contributed by atoms with Crippen molar-refractivity contribution in [2.75, 3.05) is 46.5 Å². The van der Waals surface area contributed by atoms with E-state index in [1.807, 2.05) is 4.90 Å². The minimum absolute atomic E-state index is 0.0264. The van der Waals surface area contributed by atoms with Crippen molar-refractivity contribution >= 4 is 15.9 Å². The molecule has 41 heavy (non-hydrogen) atoms. The second-order valence-corrected chi connectivity index (χ2v) is 12.1. The lowest BCUT2D eigenvalue weighted by Crippen LogP contribution is -2.39. The number of hydrogen-bond donors (Lipinski definition) is 1. The van der Waals surface area contributed by atoms with Crippen LogP contribution < -0.4 is 4.74 Å². The minimum Gasteiger partial charge on any atom is -0.497 e. The zero-order valence-electron chi connectivity index (χ0n) is 23.4. The first-order chi connectivity index (χ1) is 19.8. The average Bonchev–Trinajstić information content (AvgIpc) is 2.96. The van der Waals surface area contributed by atoms with Gasteiger partial charge in [-0.3, -0.25) is 4.79 Å². The summed E-state index contributed by atoms with van der Waals surface area (Å²) in [6.45, 7) is 0.785. The molecule has 0 radical (unpaired) electrons. The molecule has 2 heterocycles. The van der Waals surface area contributed by atoms with Crippen LogP contribution in [0, 0.1) is 5.82 Å². The number of sulfonamides is 1. The lowest BCUT2D eigenvalue weighted by Gasteiger charge is -2.32. The number of rotatable bonds is 11. The molecule has 11 heteroatoms. The molecule has 0 unspecified atom stereocenters. The van der Waals surface area contributed by atoms with E-state index in [1.54, 1.807) is 30.3 Å². The van der Waals surface area contributed by atoms with Gasteiger partial charge in [0.15, 0.2) is 5.76 Å². The number of amides is 1. The Bertz CT molecular complexity index is 1260. The van der Waals surface area contributed by atoms with Crippen LogP contribution in [0.5, 0.6) is 5.75 Å². The second kappa shape index (κ2) is 14.8. The number of nitrogens with zero attached hydrogens (tertiary/aromatic N) is 2. The third-order valence-electron chi connectivity index (χ3n) is 7.40. The van der Waals surface area contributed by atoms with Crippen molar-refractivity contribution < 1.29 is 36.9 Å². The van der Waals surface area contributed by atoms with E-state index < -0.39 is 16.3 Å². The summed E-state index contributed by atoms with van der Waals surface area (Å²) in [6.07, 6.45) is 6.53. The molecule has 1 saturated heterocycles. The first-order valence-corrected chi connectivity index (χ1v) is 15.6. The third kappa shape index (κ3) is 8.28. The lowest BCUT2D eigenvalue weighted by atomic mass is 9.92. The fourth-order valence-electron chi connectivity index (χ4n) is 5.11. The lowest BCUT2D eigenvalue weighted by molar-refractivity contribution is -0.153. The summed E-state index contributed by atoms with van der Waals surface area (Å²) < 4.78 is 58.4. The Balaban J connectivity index is 1.47. The van der Waals surface area contributed by atoms with Crippen molar-refractivity contribution in [1.29, 1.82) is 0 Å². The van der Waals surface area contributed by atoms with Gasteiger partial charge in [-0.1, -0.05) is 31.4 Å². The highest BCUT2D eigenvalue weighted by atomic mass is 32.2. The smallest absolute Gasteiger partial charge is 0.288 e. The highest BCUT2D eigenvalue weighted by Gasteiger charge is 2.32. The molecule has 224 valence electrons. The molecular formula is C30H39FN2O7S. The molecule has 4 rings (SSSR count). The molecule has 1 N–H and O–H groups in total. The van der Waals surface area contributed by atoms with Gasteiger partial charge in [-0.25, -0.2) is 12.8 Å². The zero-order valence-corrected chi connectivity index (χ0v) is 24.2. The van der Waals surface area contributed by atoms with Gasteiger partial charge in [0, 0.05) is 38.5 Å². The summed E-state index contributed by atoms with van der Waals surface area (Å²) in [4.78, 5) is 15.4. The predicted octanol–water partition coefficient (Wildman–Crippen LogP) is 4.04. The molecule has 0 aromatic heterocycles. The number of ether oxygens (including phenoxy) is 3. The SMILES string of the molecule is COc1ccc(S(=O)(=O)N(CCO)CCO[C@@H]2C[C@H](c3ccc(F)cc3)C=C(C(=O)N3CCCCCCC3)O2)cc1. The van der Waals surface area contributed by atoms with Crippen LogP contribution in [-0.4, -0.2) is 81.4 Å². The summed E-state index contributed by atoms with van der Waals surface area (Å²) in [5, 5.41) is 9.55. The monoisotopic (exact) mass is 590 g/mol. The fourth-order valence-corrected chi connectivity index (χ4v) is 6.52. The van der Waals surface area contributed by atoms with Crippen molar-refractivity contribution in [3.8, 4) is 5.75 Å². The Morgan fingerprint density at radius 2 is 1.68 bits per heavy atom. The zero-order chi connectivity index (χ0) is 29.2. The molecule has 0 aliphatic carbocycles. The first-order valence-electron chi connectivity index (χ1n) is 14.1. The maximum absolute atomic E-state index is 13.6. The van der Waals surface area contributed by atoms with Gasteiger partial charge < -0.3 is 24.2 Å². The number of carbonyl (C=O) groups excluding carboxylic acids is 1. The van der Waals surface area contributed by atoms with Gasteiger partial charge in [0.2, 0.25) is 16.3 Å². The van der Waals surface area contributed by atoms with E-state index in [0.29, 0.717) is 25.3 Å². The fraction of sp³-hybridized carbons (Fsp3) is 0.500. The van der Waals surface area contributed by atoms with E-state index in [9.17, 15) is 22.7 Å². The molecule has 2 aliphatic heterocycles. The predicted molar refractivity (Wildman–Crippen MR) is 151 cm³/mol. The Hall–Kier alpha value is -2.99. The van der Waals surface area contributed by atoms with Crippen molar-refractivity contribution in [2.24, 2.45) is 0 Å². The molecule has 1 amide bonds. The molecule has 2 aromatic rings. The van der Waals surface area contributed by atoms with Crippen LogP contribution in [0.15, 0.2) is 65.3 Å². The highest BCUT2D eigenvalue weighted by Crippen LogP contribution is 2.32. The molecule has 0 saturated carbocycles. The van der Waals surface area contributed by atoms with E-state index in [2.05, 4.69) is 0 Å². The topological polar surface area (TPSA) is 106 Å². The third-order valence-corrected chi connectivity index (χ3v) is 9.31. The minimum atomic E-state index is -3.90. The van der Waals surface area contributed by atoms with Crippen LogP contribution in [0.1, 0.15) is 50.0 Å². The van der Waals surface area contributed by atoms with Crippen molar-refractivity contribution in [2.45, 2.75) is 55.6 Å². The number of aliphatic hydroxyl groups excluding tert-OH is 1. The second-order valence-electron chi connectivity index (χ2n) is 10.2. The largest absolute Gasteiger partial charge is 0.497 e. The molecule has 1 fully saturated rings. The van der Waals surface area contributed by atoms with E-state index in [4.69, 9.17) is 14.2 Å². The van der Waals surface area contributed by atoms with Crippen LogP contribution in [0.3, 0.4) is 0 Å². The van der Waals surface area contributed by atoms with E-state index in [-0.39, 0.29) is 54.6 Å². The summed E-state index contributed by atoms with van der Waals surface area (Å²) in [6, 6.07) is 12.1. The van der Waals surface area contributed by atoms with Crippen molar-refractivity contribution in [3.05, 3.63) is 71.7 Å². The maximum Gasteiger partial charge on any atom is 0.288 e. The van der Waals surface area contributed by atoms with Gasteiger partial charge in [0.1, 0.15) is 11.6 Å². The average molecular weight is 591 g/mol. The van der Waals surface area contributed by atoms with Crippen LogP contribution in [0.2, 0.25) is 0 Å². The Kier molecular flexibility index (Phi) is 11.1. The van der Waals surface area contributed by atoms with Crippen molar-refractivity contribution in [1.82, 2.24) is 9.21 Å². The number of benzene rings is 2. The molecule has 2 aliphatic rings. The van der Waals surface area contributed by atoms with Crippen LogP contribution in [0.4, 0.5) is 4.39 Å². The van der Waals surface area contributed by atoms with Crippen LogP contribution in [0.25, 0.3) is 0 Å². The van der Waals surface area contributed by atoms with E-state index in [0.717, 1.165) is 35.6 Å². The Morgan fingerprint density at radius 3 is 2.32 bits per heavy atom. The van der Waals surface area contributed by atoms with E-state index >= 15 is 0 Å². The van der Waals surface area contributed by atoms with E-state index in [1.165, 1.54) is 37.8 Å². The van der Waals surface area contributed by atoms with Gasteiger partial charge in [0.05, 0.1) is 25.2 Å². The van der Waals surface area contributed by atoms with Crippen molar-refractivity contribution in [3.63, 3.8) is 0 Å². The molecule has 0 bridgehead atoms. The number of halogens is 1. The molecule has 2 aromatic carbocycles. The molecule has 2 atom stereocenters. The Morgan fingerprint density at radius 1 is 1.02 bits per heavy atom. The normalized spacial score (nSPS) is 20.1. The summed E-state index contributed by atoms with van der Waals surface area (Å²) >= 11 is 0. The quantitative estimate of drug-likeness (QED) is 0.421. The maximum atomic E-state index is 13.6. The van der Waals surface area contributed by atoms with Gasteiger partial charge in [0.25, 0.3) is 5.91 Å². The summed E-state index contributed by atoms with van der Waals surface area (Å²) in [5.74, 6) is -0.0815. The molecular weight excluding hydrogens is 551 g/mol.